The topological polar surface area (TPSA) is 50.7 Å². The van der Waals surface area contributed by atoms with Gasteiger partial charge >= 0.3 is 0 Å². The van der Waals surface area contributed by atoms with E-state index in [1.165, 1.54) is 0 Å². The van der Waals surface area contributed by atoms with Gasteiger partial charge in [0, 0.05) is 17.5 Å². The van der Waals surface area contributed by atoms with E-state index in [1.54, 1.807) is 16.3 Å². The van der Waals surface area contributed by atoms with Crippen LogP contribution in [0.25, 0.3) is 33.9 Å². The molecule has 2 heterocycles. The lowest BCUT2D eigenvalue weighted by atomic mass is 10.1. The second kappa shape index (κ2) is 8.96. The normalized spacial score (nSPS) is 11.1. The monoisotopic (exact) mass is 449 g/mol. The molecule has 5 rings (SSSR count). The van der Waals surface area contributed by atoms with Crippen LogP contribution < -0.4 is 5.56 Å². The molecule has 162 valence electrons. The van der Waals surface area contributed by atoms with Crippen molar-refractivity contribution in [1.82, 2.24) is 14.5 Å². The number of aromatic amines is 1. The maximum absolute atomic E-state index is 13.7. The van der Waals surface area contributed by atoms with Crippen molar-refractivity contribution in [2.45, 2.75) is 17.8 Å². The molecule has 2 aromatic heterocycles. The molecule has 0 fully saturated rings. The van der Waals surface area contributed by atoms with Crippen LogP contribution in [0.15, 0.2) is 102 Å². The molecular weight excluding hydrogens is 426 g/mol. The zero-order valence-electron chi connectivity index (χ0n) is 18.3. The Bertz CT molecular complexity index is 1500. The molecule has 0 atom stereocenters. The Balaban J connectivity index is 1.65. The smallest absolute Gasteiger partial charge is 0.283 e. The van der Waals surface area contributed by atoms with Crippen LogP contribution in [0.5, 0.6) is 0 Å². The van der Waals surface area contributed by atoms with Crippen LogP contribution >= 0.6 is 11.8 Å². The minimum Gasteiger partial charge on any atom is -0.355 e. The highest BCUT2D eigenvalue weighted by Crippen LogP contribution is 2.30. The summed E-state index contributed by atoms with van der Waals surface area (Å²) in [6.45, 7) is 5.84. The zero-order valence-corrected chi connectivity index (χ0v) is 19.1. The first-order valence-corrected chi connectivity index (χ1v) is 11.7. The van der Waals surface area contributed by atoms with E-state index >= 15 is 0 Å². The van der Waals surface area contributed by atoms with E-state index in [4.69, 9.17) is 4.98 Å². The van der Waals surface area contributed by atoms with Crippen LogP contribution in [0.4, 0.5) is 0 Å². The molecule has 4 nitrogen and oxygen atoms in total. The third kappa shape index (κ3) is 4.15. The minimum absolute atomic E-state index is 0.0997. The largest absolute Gasteiger partial charge is 0.355 e. The number of nitrogens with one attached hydrogen (secondary N) is 1. The molecule has 5 heteroatoms. The first kappa shape index (κ1) is 21.0. The summed E-state index contributed by atoms with van der Waals surface area (Å²) in [5.41, 5.74) is 7.21. The van der Waals surface area contributed by atoms with Gasteiger partial charge in [-0.25, -0.2) is 4.98 Å². The van der Waals surface area contributed by atoms with Crippen LogP contribution in [-0.4, -0.2) is 14.5 Å². The maximum Gasteiger partial charge on any atom is 0.283 e. The quantitative estimate of drug-likeness (QED) is 0.234. The molecule has 1 N–H and O–H groups in total. The molecule has 0 aliphatic carbocycles. The van der Waals surface area contributed by atoms with Gasteiger partial charge in [-0.1, -0.05) is 91.1 Å². The number of rotatable bonds is 6. The number of hydrogen-bond donors (Lipinski definition) is 1. The van der Waals surface area contributed by atoms with E-state index in [1.807, 2.05) is 85.9 Å². The number of thioether (sulfide) groups is 1. The van der Waals surface area contributed by atoms with Crippen molar-refractivity contribution in [3.8, 4) is 16.8 Å². The van der Waals surface area contributed by atoms with Crippen LogP contribution in [0.2, 0.25) is 0 Å². The van der Waals surface area contributed by atoms with Gasteiger partial charge in [-0.2, -0.15) is 0 Å². The van der Waals surface area contributed by atoms with Crippen molar-refractivity contribution >= 4 is 28.9 Å². The summed E-state index contributed by atoms with van der Waals surface area (Å²) in [6.07, 6.45) is 3.70. The van der Waals surface area contributed by atoms with E-state index in [0.717, 1.165) is 33.5 Å². The molecule has 33 heavy (non-hydrogen) atoms. The Hall–Kier alpha value is -3.83. The number of H-pyrrole nitrogens is 1. The summed E-state index contributed by atoms with van der Waals surface area (Å²) in [5, 5.41) is 0.669. The van der Waals surface area contributed by atoms with Crippen LogP contribution in [0.1, 0.15) is 16.7 Å². The standard InChI is InChI=1S/C28H23N3OS/c1-3-20-12-14-21(15-13-20)18-33-28-30-25-24(22-9-5-4-6-10-22)17-29-26(25)27(32)31(28)23-11-7-8-19(2)16-23/h3-17,29H,1,18H2,2H3. The fourth-order valence-electron chi connectivity index (χ4n) is 3.87. The zero-order chi connectivity index (χ0) is 22.8. The molecule has 0 unspecified atom stereocenters. The highest BCUT2D eigenvalue weighted by atomic mass is 32.2. The average molecular weight is 450 g/mol. The average Bonchev–Trinajstić information content (AvgIpc) is 3.28. The van der Waals surface area contributed by atoms with E-state index in [2.05, 4.69) is 23.7 Å². The first-order valence-electron chi connectivity index (χ1n) is 10.7. The molecule has 0 saturated carbocycles. The SMILES string of the molecule is C=Cc1ccc(CSc2nc3c(-c4ccccc4)c[nH]c3c(=O)n2-c2cccc(C)c2)cc1. The summed E-state index contributed by atoms with van der Waals surface area (Å²) < 4.78 is 1.71. The number of benzene rings is 3. The Morgan fingerprint density at radius 2 is 1.82 bits per heavy atom. The van der Waals surface area contributed by atoms with Crippen molar-refractivity contribution in [3.05, 3.63) is 119 Å². The summed E-state index contributed by atoms with van der Waals surface area (Å²) in [5.74, 6) is 0.701. The fourth-order valence-corrected chi connectivity index (χ4v) is 4.83. The van der Waals surface area contributed by atoms with Gasteiger partial charge in [0.05, 0.1) is 5.69 Å². The molecule has 0 aliphatic rings. The number of aryl methyl sites for hydroxylation is 1. The highest BCUT2D eigenvalue weighted by molar-refractivity contribution is 7.98. The van der Waals surface area contributed by atoms with Gasteiger partial charge < -0.3 is 4.98 Å². The predicted octanol–water partition coefficient (Wildman–Crippen LogP) is 6.62. The summed E-state index contributed by atoms with van der Waals surface area (Å²) in [7, 11) is 0. The van der Waals surface area contributed by atoms with Crippen molar-refractivity contribution in [3.63, 3.8) is 0 Å². The Kier molecular flexibility index (Phi) is 5.71. The Morgan fingerprint density at radius 1 is 1.03 bits per heavy atom. The van der Waals surface area contributed by atoms with Crippen LogP contribution in [-0.2, 0) is 5.75 Å². The lowest BCUT2D eigenvalue weighted by Crippen LogP contribution is -2.22. The summed E-state index contributed by atoms with van der Waals surface area (Å²) in [6, 6.07) is 26.3. The lowest BCUT2D eigenvalue weighted by Gasteiger charge is -2.13. The second-order valence-corrected chi connectivity index (χ2v) is 8.84. The van der Waals surface area contributed by atoms with Gasteiger partial charge in [-0.05, 0) is 41.3 Å². The predicted molar refractivity (Wildman–Crippen MR) is 138 cm³/mol. The third-order valence-electron chi connectivity index (χ3n) is 5.60. The number of hydrogen-bond acceptors (Lipinski definition) is 3. The number of fused-ring (bicyclic) bond motifs is 1. The maximum atomic E-state index is 13.7. The molecule has 0 amide bonds. The number of aromatic nitrogens is 3. The summed E-state index contributed by atoms with van der Waals surface area (Å²) in [4.78, 5) is 21.9. The Morgan fingerprint density at radius 3 is 2.55 bits per heavy atom. The van der Waals surface area contributed by atoms with Crippen molar-refractivity contribution < 1.29 is 0 Å². The van der Waals surface area contributed by atoms with Crippen LogP contribution in [0, 0.1) is 6.92 Å². The second-order valence-electron chi connectivity index (χ2n) is 7.90. The Labute approximate surface area is 196 Å². The molecular formula is C28H23N3OS. The minimum atomic E-state index is -0.0997. The fraction of sp³-hybridized carbons (Fsp3) is 0.0714. The molecule has 0 radical (unpaired) electrons. The van der Waals surface area contributed by atoms with Crippen molar-refractivity contribution in [2.75, 3.05) is 0 Å². The van der Waals surface area contributed by atoms with Gasteiger partial charge in [-0.3, -0.25) is 9.36 Å². The van der Waals surface area contributed by atoms with Gasteiger partial charge in [0.1, 0.15) is 11.0 Å². The van der Waals surface area contributed by atoms with Crippen molar-refractivity contribution in [1.29, 1.82) is 0 Å². The van der Waals surface area contributed by atoms with Gasteiger partial charge in [0.2, 0.25) is 0 Å². The van der Waals surface area contributed by atoms with Gasteiger partial charge in [0.25, 0.3) is 5.56 Å². The molecule has 3 aromatic carbocycles. The van der Waals surface area contributed by atoms with Gasteiger partial charge in [-0.15, -0.1) is 0 Å². The highest BCUT2D eigenvalue weighted by Gasteiger charge is 2.18. The van der Waals surface area contributed by atoms with E-state index < -0.39 is 0 Å². The van der Waals surface area contributed by atoms with Crippen molar-refractivity contribution in [2.24, 2.45) is 0 Å². The molecule has 0 aliphatic heterocycles. The molecule has 0 spiro atoms. The van der Waals surface area contributed by atoms with E-state index in [-0.39, 0.29) is 5.56 Å². The van der Waals surface area contributed by atoms with Crippen LogP contribution in [0.3, 0.4) is 0 Å². The van der Waals surface area contributed by atoms with E-state index in [0.29, 0.717) is 21.9 Å². The third-order valence-corrected chi connectivity index (χ3v) is 6.61. The van der Waals surface area contributed by atoms with Gasteiger partial charge in [0.15, 0.2) is 5.16 Å². The number of nitrogens with zero attached hydrogens (tertiary/aromatic N) is 2. The molecule has 0 bridgehead atoms. The lowest BCUT2D eigenvalue weighted by molar-refractivity contribution is 0.817. The van der Waals surface area contributed by atoms with E-state index in [9.17, 15) is 4.79 Å². The molecule has 0 saturated heterocycles. The first-order chi connectivity index (χ1) is 16.1. The molecule has 5 aromatic rings. The summed E-state index contributed by atoms with van der Waals surface area (Å²) >= 11 is 1.56.